The molecule has 7 nitrogen and oxygen atoms in total. The Hall–Kier alpha value is -2.54. The Morgan fingerprint density at radius 1 is 1.35 bits per heavy atom. The second-order valence-electron chi connectivity index (χ2n) is 7.76. The predicted octanol–water partition coefficient (Wildman–Crippen LogP) is 2.58. The summed E-state index contributed by atoms with van der Waals surface area (Å²) in [5.41, 5.74) is 1.56. The number of carbonyl (C=O) groups is 2. The molecule has 0 unspecified atom stereocenters. The summed E-state index contributed by atoms with van der Waals surface area (Å²) in [6, 6.07) is 7.06. The maximum atomic E-state index is 12.7. The van der Waals surface area contributed by atoms with Gasteiger partial charge in [-0.3, -0.25) is 0 Å². The van der Waals surface area contributed by atoms with Crippen molar-refractivity contribution in [1.29, 1.82) is 0 Å². The van der Waals surface area contributed by atoms with E-state index in [9.17, 15) is 14.7 Å². The molecule has 3 atom stereocenters. The summed E-state index contributed by atoms with van der Waals surface area (Å²) in [6.45, 7) is 4.66. The molecule has 1 aromatic heterocycles. The smallest absolute Gasteiger partial charge is 0.354 e. The molecule has 1 saturated carbocycles. The number of fused-ring (bicyclic) bond motifs is 2. The second kappa shape index (κ2) is 5.74. The molecule has 7 heteroatoms. The number of anilines is 1. The third-order valence-electron chi connectivity index (χ3n) is 5.91. The third kappa shape index (κ3) is 2.38. The summed E-state index contributed by atoms with van der Waals surface area (Å²) in [7, 11) is 1.34. The van der Waals surface area contributed by atoms with Gasteiger partial charge in [0.2, 0.25) is 0 Å². The van der Waals surface area contributed by atoms with Crippen LogP contribution in [-0.2, 0) is 4.74 Å². The lowest BCUT2D eigenvalue weighted by molar-refractivity contribution is -0.134. The van der Waals surface area contributed by atoms with Crippen LogP contribution >= 0.6 is 0 Å². The molecule has 1 aliphatic carbocycles. The van der Waals surface area contributed by atoms with Crippen molar-refractivity contribution < 1.29 is 19.4 Å². The van der Waals surface area contributed by atoms with Gasteiger partial charge in [-0.25, -0.2) is 9.59 Å². The number of nitrogens with zero attached hydrogens (tertiary/aromatic N) is 1. The third-order valence-corrected chi connectivity index (χ3v) is 5.91. The number of urea groups is 1. The zero-order valence-electron chi connectivity index (χ0n) is 15.1. The minimum Gasteiger partial charge on any atom is -0.464 e. The summed E-state index contributed by atoms with van der Waals surface area (Å²) < 4.78 is 4.72. The fourth-order valence-electron chi connectivity index (χ4n) is 4.56. The van der Waals surface area contributed by atoms with Gasteiger partial charge < -0.3 is 25.0 Å². The fraction of sp³-hybridized carbons (Fsp3) is 0.474. The van der Waals surface area contributed by atoms with E-state index in [-0.39, 0.29) is 29.5 Å². The van der Waals surface area contributed by atoms with E-state index in [1.165, 1.54) is 7.11 Å². The minimum absolute atomic E-state index is 0.0689. The minimum atomic E-state index is -0.430. The quantitative estimate of drug-likeness (QED) is 0.720. The SMILES string of the molecule is COC(=O)c1cc2cc(NC(=O)N3CC[C@@H]4[C@@H](O)C(C)(C)[C@@H]43)ccc2[nH]1. The van der Waals surface area contributed by atoms with Crippen LogP contribution in [0.4, 0.5) is 10.5 Å². The number of benzene rings is 1. The second-order valence-corrected chi connectivity index (χ2v) is 7.76. The molecular formula is C19H23N3O4. The number of likely N-dealkylation sites (tertiary alicyclic amines) is 1. The van der Waals surface area contributed by atoms with Crippen molar-refractivity contribution in [2.45, 2.75) is 32.4 Å². The van der Waals surface area contributed by atoms with E-state index in [1.54, 1.807) is 12.1 Å². The fourth-order valence-corrected chi connectivity index (χ4v) is 4.56. The maximum Gasteiger partial charge on any atom is 0.354 e. The molecule has 4 rings (SSSR count). The van der Waals surface area contributed by atoms with Gasteiger partial charge in [0.25, 0.3) is 0 Å². The number of methoxy groups -OCH3 is 1. The molecule has 1 aromatic carbocycles. The van der Waals surface area contributed by atoms with E-state index in [0.29, 0.717) is 17.9 Å². The summed E-state index contributed by atoms with van der Waals surface area (Å²) in [6.07, 6.45) is 0.486. The average molecular weight is 357 g/mol. The van der Waals surface area contributed by atoms with Gasteiger partial charge in [-0.05, 0) is 30.7 Å². The number of hydrogen-bond acceptors (Lipinski definition) is 4. The number of rotatable bonds is 2. The largest absolute Gasteiger partial charge is 0.464 e. The van der Waals surface area contributed by atoms with Crippen molar-refractivity contribution in [3.63, 3.8) is 0 Å². The van der Waals surface area contributed by atoms with E-state index in [2.05, 4.69) is 10.3 Å². The number of esters is 1. The first-order valence-corrected chi connectivity index (χ1v) is 8.79. The van der Waals surface area contributed by atoms with Gasteiger partial charge in [0.1, 0.15) is 5.69 Å². The van der Waals surface area contributed by atoms with E-state index in [4.69, 9.17) is 4.74 Å². The Bertz CT molecular complexity index is 888. The molecule has 3 N–H and O–H groups in total. The average Bonchev–Trinajstić information content (AvgIpc) is 3.23. The highest BCUT2D eigenvalue weighted by atomic mass is 16.5. The highest BCUT2D eigenvalue weighted by molar-refractivity contribution is 5.97. The van der Waals surface area contributed by atoms with Gasteiger partial charge in [0.15, 0.2) is 0 Å². The van der Waals surface area contributed by atoms with Crippen LogP contribution in [0.3, 0.4) is 0 Å². The van der Waals surface area contributed by atoms with Crippen molar-refractivity contribution >= 4 is 28.6 Å². The molecule has 2 aromatic rings. The number of nitrogens with one attached hydrogen (secondary N) is 2. The maximum absolute atomic E-state index is 12.7. The van der Waals surface area contributed by atoms with Crippen LogP contribution in [0.15, 0.2) is 24.3 Å². The molecular weight excluding hydrogens is 334 g/mol. The molecule has 2 amide bonds. The van der Waals surface area contributed by atoms with Crippen molar-refractivity contribution in [3.8, 4) is 0 Å². The normalized spacial score (nSPS) is 26.3. The number of H-pyrrole nitrogens is 1. The first kappa shape index (κ1) is 16.9. The van der Waals surface area contributed by atoms with Gasteiger partial charge in [-0.1, -0.05) is 13.8 Å². The molecule has 0 radical (unpaired) electrons. The van der Waals surface area contributed by atoms with Crippen LogP contribution in [-0.4, -0.2) is 52.8 Å². The molecule has 1 saturated heterocycles. The standard InChI is InChI=1S/C19H23N3O4/c1-19(2)15-12(16(19)23)6-7-22(15)18(25)20-11-4-5-13-10(8-11)9-14(21-13)17(24)26-3/h4-5,8-9,12,15-16,21,23H,6-7H2,1-3H3,(H,20,25)/t12-,15+,16+/m0/s1. The lowest BCUT2D eigenvalue weighted by atomic mass is 9.58. The van der Waals surface area contributed by atoms with Crippen molar-refractivity contribution in [1.82, 2.24) is 9.88 Å². The molecule has 0 bridgehead atoms. The number of hydrogen-bond donors (Lipinski definition) is 3. The zero-order valence-corrected chi connectivity index (χ0v) is 15.1. The number of aromatic nitrogens is 1. The number of aliphatic hydroxyl groups excluding tert-OH is 1. The van der Waals surface area contributed by atoms with Crippen LogP contribution in [0, 0.1) is 11.3 Å². The lowest BCUT2D eigenvalue weighted by Gasteiger charge is -2.55. The van der Waals surface area contributed by atoms with E-state index in [0.717, 1.165) is 17.3 Å². The van der Waals surface area contributed by atoms with Crippen LogP contribution < -0.4 is 5.32 Å². The Morgan fingerprint density at radius 3 is 2.85 bits per heavy atom. The van der Waals surface area contributed by atoms with Gasteiger partial charge in [0.05, 0.1) is 13.2 Å². The Balaban J connectivity index is 1.52. The molecule has 2 aliphatic rings. The molecule has 2 fully saturated rings. The van der Waals surface area contributed by atoms with Crippen LogP contribution in [0.1, 0.15) is 30.8 Å². The number of aliphatic hydroxyl groups is 1. The van der Waals surface area contributed by atoms with E-state index in [1.807, 2.05) is 30.9 Å². The monoisotopic (exact) mass is 357 g/mol. The highest BCUT2D eigenvalue weighted by Gasteiger charge is 2.61. The molecule has 26 heavy (non-hydrogen) atoms. The summed E-state index contributed by atoms with van der Waals surface area (Å²) in [5, 5.41) is 14.0. The van der Waals surface area contributed by atoms with Gasteiger partial charge in [0, 0.05) is 40.5 Å². The summed E-state index contributed by atoms with van der Waals surface area (Å²) in [4.78, 5) is 29.2. The number of carbonyl (C=O) groups excluding carboxylic acids is 2. The topological polar surface area (TPSA) is 94.7 Å². The number of aromatic amines is 1. The summed E-state index contributed by atoms with van der Waals surface area (Å²) >= 11 is 0. The highest BCUT2D eigenvalue weighted by Crippen LogP contribution is 2.53. The van der Waals surface area contributed by atoms with Crippen LogP contribution in [0.5, 0.6) is 0 Å². The van der Waals surface area contributed by atoms with Crippen LogP contribution in [0.2, 0.25) is 0 Å². The van der Waals surface area contributed by atoms with E-state index < -0.39 is 5.97 Å². The first-order valence-electron chi connectivity index (χ1n) is 8.79. The Morgan fingerprint density at radius 2 is 2.12 bits per heavy atom. The van der Waals surface area contributed by atoms with Gasteiger partial charge >= 0.3 is 12.0 Å². The molecule has 138 valence electrons. The molecule has 1 aliphatic heterocycles. The molecule has 0 spiro atoms. The first-order chi connectivity index (χ1) is 12.3. The number of ether oxygens (including phenoxy) is 1. The van der Waals surface area contributed by atoms with E-state index >= 15 is 0 Å². The van der Waals surface area contributed by atoms with Crippen molar-refractivity contribution in [2.24, 2.45) is 11.3 Å². The number of amides is 2. The zero-order chi connectivity index (χ0) is 18.6. The summed E-state index contributed by atoms with van der Waals surface area (Å²) in [5.74, 6) is -0.258. The van der Waals surface area contributed by atoms with Crippen molar-refractivity contribution in [3.05, 3.63) is 30.0 Å². The Kier molecular flexibility index (Phi) is 3.73. The van der Waals surface area contributed by atoms with Crippen molar-refractivity contribution in [2.75, 3.05) is 19.0 Å². The molecule has 2 heterocycles. The van der Waals surface area contributed by atoms with Gasteiger partial charge in [-0.15, -0.1) is 0 Å². The lowest BCUT2D eigenvalue weighted by Crippen LogP contribution is -2.65. The van der Waals surface area contributed by atoms with Gasteiger partial charge in [-0.2, -0.15) is 0 Å². The van der Waals surface area contributed by atoms with Crippen LogP contribution in [0.25, 0.3) is 10.9 Å². The Labute approximate surface area is 151 Å². The predicted molar refractivity (Wildman–Crippen MR) is 97.0 cm³/mol.